The summed E-state index contributed by atoms with van der Waals surface area (Å²) in [6, 6.07) is 0. The van der Waals surface area contributed by atoms with Gasteiger partial charge in [0.25, 0.3) is 0 Å². The molecule has 0 atom stereocenters. The van der Waals surface area contributed by atoms with Gasteiger partial charge in [-0.15, -0.1) is 0 Å². The van der Waals surface area contributed by atoms with Crippen LogP contribution in [0.1, 0.15) is 19.7 Å². The van der Waals surface area contributed by atoms with E-state index in [1.54, 1.807) is 19.9 Å². The number of esters is 2. The van der Waals surface area contributed by atoms with E-state index in [1.807, 2.05) is 0 Å². The second-order valence-electron chi connectivity index (χ2n) is 3.80. The predicted molar refractivity (Wildman–Crippen MR) is 57.8 cm³/mol. The quantitative estimate of drug-likeness (QED) is 0.440. The van der Waals surface area contributed by atoms with Crippen LogP contribution in [-0.4, -0.2) is 16.9 Å². The lowest BCUT2D eigenvalue weighted by atomic mass is 10.0. The van der Waals surface area contributed by atoms with Crippen molar-refractivity contribution < 1.29 is 18.7 Å². The molecule has 1 aliphatic heterocycles. The Morgan fingerprint density at radius 2 is 2.12 bits per heavy atom. The van der Waals surface area contributed by atoms with Crippen LogP contribution >= 0.6 is 0 Å². The van der Waals surface area contributed by atoms with Crippen LogP contribution in [0.15, 0.2) is 39.7 Å². The van der Waals surface area contributed by atoms with E-state index in [-0.39, 0.29) is 5.57 Å². The molecule has 0 saturated carbocycles. The minimum absolute atomic E-state index is 0.285. The van der Waals surface area contributed by atoms with E-state index >= 15 is 0 Å². The maximum absolute atomic E-state index is 11.5. The van der Waals surface area contributed by atoms with Gasteiger partial charge in [0.05, 0.1) is 17.3 Å². The molecule has 1 aliphatic rings. The molecule has 5 nitrogen and oxygen atoms in total. The fraction of sp³-hybridized carbons (Fsp3) is 0.250. The molecule has 0 N–H and O–H groups in total. The van der Waals surface area contributed by atoms with Gasteiger partial charge in [-0.2, -0.15) is 0 Å². The molecule has 0 aromatic carbocycles. The highest BCUT2D eigenvalue weighted by atomic mass is 16.6. The average Bonchev–Trinajstić information content (AvgIpc) is 2.83. The minimum atomic E-state index is -0.613. The van der Waals surface area contributed by atoms with Gasteiger partial charge < -0.3 is 9.15 Å². The van der Waals surface area contributed by atoms with Gasteiger partial charge in [-0.05, 0) is 13.8 Å². The summed E-state index contributed by atoms with van der Waals surface area (Å²) >= 11 is 0. The number of rotatable bonds is 2. The number of nitrogens with zero attached hydrogens (tertiary/aromatic N) is 1. The number of carbonyl (C=O) groups excluding carboxylic acids is 2. The summed E-state index contributed by atoms with van der Waals surface area (Å²) in [6.45, 7) is 3.52. The van der Waals surface area contributed by atoms with Gasteiger partial charge >= 0.3 is 11.9 Å². The van der Waals surface area contributed by atoms with Gasteiger partial charge in [0, 0.05) is 6.42 Å². The van der Waals surface area contributed by atoms with Gasteiger partial charge in [-0.1, -0.05) is 11.6 Å². The molecule has 0 radical (unpaired) electrons. The molecule has 0 amide bonds. The molecule has 0 unspecified atom stereocenters. The molecule has 5 heteroatoms. The third kappa shape index (κ3) is 2.18. The average molecular weight is 233 g/mol. The van der Waals surface area contributed by atoms with Crippen LogP contribution in [0.25, 0.3) is 0 Å². The fourth-order valence-corrected chi connectivity index (χ4v) is 1.60. The third-order valence-corrected chi connectivity index (χ3v) is 2.34. The number of carbonyl (C=O) groups is 2. The second-order valence-corrected chi connectivity index (χ2v) is 3.80. The first kappa shape index (κ1) is 11.3. The zero-order chi connectivity index (χ0) is 12.4. The van der Waals surface area contributed by atoms with E-state index < -0.39 is 11.9 Å². The molecular formula is C12H11NO4. The van der Waals surface area contributed by atoms with Crippen LogP contribution in [0.2, 0.25) is 0 Å². The summed E-state index contributed by atoms with van der Waals surface area (Å²) in [7, 11) is 0. The Labute approximate surface area is 97.8 Å². The van der Waals surface area contributed by atoms with Crippen LogP contribution in [0.5, 0.6) is 0 Å². The first-order chi connectivity index (χ1) is 8.09. The highest BCUT2D eigenvalue weighted by Crippen LogP contribution is 2.25. The maximum Gasteiger partial charge on any atom is 0.346 e. The Kier molecular flexibility index (Phi) is 2.91. The number of ether oxygens (including phenoxy) is 1. The van der Waals surface area contributed by atoms with Crippen LogP contribution < -0.4 is 0 Å². The number of oxazole rings is 1. The lowest BCUT2D eigenvalue weighted by Gasteiger charge is -1.96. The summed E-state index contributed by atoms with van der Waals surface area (Å²) in [4.78, 5) is 26.8. The van der Waals surface area contributed by atoms with Crippen molar-refractivity contribution >= 4 is 11.9 Å². The number of allylic oxidation sites excluding steroid dienone is 2. The van der Waals surface area contributed by atoms with Crippen LogP contribution in [0.3, 0.4) is 0 Å². The molecule has 0 aliphatic carbocycles. The van der Waals surface area contributed by atoms with E-state index in [0.717, 1.165) is 5.57 Å². The van der Waals surface area contributed by atoms with Crippen molar-refractivity contribution in [2.45, 2.75) is 20.3 Å². The summed E-state index contributed by atoms with van der Waals surface area (Å²) in [5.74, 6) is -0.718. The van der Waals surface area contributed by atoms with Gasteiger partial charge in [-0.25, -0.2) is 14.6 Å². The highest BCUT2D eigenvalue weighted by molar-refractivity contribution is 6.18. The first-order valence-corrected chi connectivity index (χ1v) is 5.12. The first-order valence-electron chi connectivity index (χ1n) is 5.12. The predicted octanol–water partition coefficient (Wildman–Crippen LogP) is 1.56. The molecule has 1 aromatic rings. The van der Waals surface area contributed by atoms with Crippen molar-refractivity contribution in [1.82, 2.24) is 4.98 Å². The summed E-state index contributed by atoms with van der Waals surface area (Å²) in [6.07, 6.45) is 4.92. The summed E-state index contributed by atoms with van der Waals surface area (Å²) < 4.78 is 9.60. The van der Waals surface area contributed by atoms with Crippen LogP contribution in [0.4, 0.5) is 0 Å². The fourth-order valence-electron chi connectivity index (χ4n) is 1.60. The number of cyclic esters (lactones) is 2. The van der Waals surface area contributed by atoms with Crippen LogP contribution in [-0.2, 0) is 20.7 Å². The molecular weight excluding hydrogens is 222 g/mol. The van der Waals surface area contributed by atoms with Crippen molar-refractivity contribution in [1.29, 1.82) is 0 Å². The zero-order valence-electron chi connectivity index (χ0n) is 9.52. The molecule has 88 valence electrons. The number of hydrogen-bond donors (Lipinski definition) is 0. The van der Waals surface area contributed by atoms with Gasteiger partial charge in [0.2, 0.25) is 0 Å². The number of hydrogen-bond acceptors (Lipinski definition) is 5. The van der Waals surface area contributed by atoms with E-state index in [2.05, 4.69) is 9.72 Å². The SMILES string of the molecule is CC(C)=C1C(=O)OC(=O)C1=CCc1ncco1. The van der Waals surface area contributed by atoms with E-state index in [0.29, 0.717) is 17.9 Å². The molecule has 17 heavy (non-hydrogen) atoms. The smallest absolute Gasteiger partial charge is 0.346 e. The monoisotopic (exact) mass is 233 g/mol. The minimum Gasteiger partial charge on any atom is -0.449 e. The Balaban J connectivity index is 2.30. The molecule has 0 bridgehead atoms. The van der Waals surface area contributed by atoms with Gasteiger partial charge in [0.15, 0.2) is 5.89 Å². The van der Waals surface area contributed by atoms with Crippen molar-refractivity contribution in [3.8, 4) is 0 Å². The maximum atomic E-state index is 11.5. The van der Waals surface area contributed by atoms with E-state index in [1.165, 1.54) is 12.5 Å². The largest absolute Gasteiger partial charge is 0.449 e. The van der Waals surface area contributed by atoms with Crippen molar-refractivity contribution in [2.75, 3.05) is 0 Å². The Morgan fingerprint density at radius 3 is 2.71 bits per heavy atom. The lowest BCUT2D eigenvalue weighted by Crippen LogP contribution is -1.97. The Morgan fingerprint density at radius 1 is 1.35 bits per heavy atom. The normalized spacial score (nSPS) is 17.8. The molecule has 2 rings (SSSR count). The zero-order valence-corrected chi connectivity index (χ0v) is 9.52. The van der Waals surface area contributed by atoms with Gasteiger partial charge in [0.1, 0.15) is 6.26 Å². The molecule has 2 heterocycles. The standard InChI is InChI=1S/C12H11NO4/c1-7(2)10-8(11(14)17-12(10)15)3-4-9-13-5-6-16-9/h3,5-6H,4H2,1-2H3. The number of aromatic nitrogens is 1. The molecule has 1 fully saturated rings. The highest BCUT2D eigenvalue weighted by Gasteiger charge is 2.33. The second kappa shape index (κ2) is 4.37. The molecule has 1 aromatic heterocycles. The Bertz CT molecular complexity index is 519. The van der Waals surface area contributed by atoms with Gasteiger partial charge in [-0.3, -0.25) is 0 Å². The topological polar surface area (TPSA) is 69.4 Å². The van der Waals surface area contributed by atoms with Crippen molar-refractivity contribution in [3.63, 3.8) is 0 Å². The summed E-state index contributed by atoms with van der Waals surface area (Å²) in [5.41, 5.74) is 1.37. The summed E-state index contributed by atoms with van der Waals surface area (Å²) in [5, 5.41) is 0. The molecule has 1 saturated heterocycles. The van der Waals surface area contributed by atoms with E-state index in [9.17, 15) is 9.59 Å². The molecule has 0 spiro atoms. The lowest BCUT2D eigenvalue weighted by molar-refractivity contribution is -0.149. The Hall–Kier alpha value is -2.17. The van der Waals surface area contributed by atoms with Crippen LogP contribution in [0, 0.1) is 0 Å². The third-order valence-electron chi connectivity index (χ3n) is 2.34. The van der Waals surface area contributed by atoms with E-state index in [4.69, 9.17) is 4.42 Å². The van der Waals surface area contributed by atoms with Crippen molar-refractivity contribution in [2.24, 2.45) is 0 Å². The van der Waals surface area contributed by atoms with Crippen molar-refractivity contribution in [3.05, 3.63) is 41.1 Å².